The number of aromatic nitrogens is 4. The molecule has 0 bridgehead atoms. The first-order chi connectivity index (χ1) is 10.6. The largest absolute Gasteiger partial charge is 0.496 e. The first-order valence-corrected chi connectivity index (χ1v) is 7.19. The van der Waals surface area contributed by atoms with Crippen molar-refractivity contribution in [3.05, 3.63) is 51.7 Å². The van der Waals surface area contributed by atoms with Crippen molar-refractivity contribution >= 4 is 11.0 Å². The highest BCUT2D eigenvalue weighted by atomic mass is 16.5. The van der Waals surface area contributed by atoms with Crippen LogP contribution in [0, 0.1) is 0 Å². The van der Waals surface area contributed by atoms with Crippen LogP contribution in [-0.4, -0.2) is 27.3 Å². The zero-order chi connectivity index (χ0) is 15.7. The topological polar surface area (TPSA) is 83.7 Å². The van der Waals surface area contributed by atoms with Gasteiger partial charge in [0.25, 0.3) is 5.56 Å². The summed E-state index contributed by atoms with van der Waals surface area (Å²) in [5.74, 6) is 1.60. The molecule has 0 saturated carbocycles. The van der Waals surface area contributed by atoms with Crippen LogP contribution in [0.2, 0.25) is 0 Å². The van der Waals surface area contributed by atoms with E-state index in [2.05, 4.69) is 20.2 Å². The maximum atomic E-state index is 12.2. The van der Waals surface area contributed by atoms with Crippen molar-refractivity contribution in [2.24, 2.45) is 0 Å². The maximum absolute atomic E-state index is 12.2. The van der Waals surface area contributed by atoms with Crippen LogP contribution in [0.5, 0.6) is 5.75 Å². The molecule has 0 unspecified atom stereocenters. The molecule has 0 radical (unpaired) electrons. The summed E-state index contributed by atoms with van der Waals surface area (Å²) in [4.78, 5) is 19.6. The van der Waals surface area contributed by atoms with Gasteiger partial charge in [0.1, 0.15) is 17.1 Å². The molecule has 0 saturated heterocycles. The van der Waals surface area contributed by atoms with Crippen LogP contribution in [0.15, 0.2) is 29.1 Å². The number of benzene rings is 1. The van der Waals surface area contributed by atoms with Gasteiger partial charge in [0.05, 0.1) is 12.8 Å². The van der Waals surface area contributed by atoms with Gasteiger partial charge in [-0.25, -0.2) is 4.98 Å². The minimum Gasteiger partial charge on any atom is -0.496 e. The second-order valence-corrected chi connectivity index (χ2v) is 5.49. The predicted octanol–water partition coefficient (Wildman–Crippen LogP) is 2.37. The third kappa shape index (κ3) is 2.47. The van der Waals surface area contributed by atoms with Gasteiger partial charge in [-0.1, -0.05) is 32.0 Å². The number of ether oxygens (including phenoxy) is 1. The van der Waals surface area contributed by atoms with Gasteiger partial charge in [-0.3, -0.25) is 9.89 Å². The van der Waals surface area contributed by atoms with Crippen molar-refractivity contribution in [1.29, 1.82) is 0 Å². The van der Waals surface area contributed by atoms with Gasteiger partial charge >= 0.3 is 0 Å². The first kappa shape index (κ1) is 14.3. The van der Waals surface area contributed by atoms with Gasteiger partial charge in [-0.05, 0) is 12.0 Å². The van der Waals surface area contributed by atoms with Gasteiger partial charge in [0, 0.05) is 12.0 Å². The molecule has 2 aromatic heterocycles. The summed E-state index contributed by atoms with van der Waals surface area (Å²) in [7, 11) is 1.63. The Morgan fingerprint density at radius 1 is 1.23 bits per heavy atom. The van der Waals surface area contributed by atoms with E-state index in [0.29, 0.717) is 23.3 Å². The van der Waals surface area contributed by atoms with Gasteiger partial charge < -0.3 is 9.72 Å². The summed E-state index contributed by atoms with van der Waals surface area (Å²) in [5, 5.41) is 6.98. The Morgan fingerprint density at radius 3 is 2.73 bits per heavy atom. The van der Waals surface area contributed by atoms with Crippen molar-refractivity contribution in [3.8, 4) is 5.75 Å². The summed E-state index contributed by atoms with van der Waals surface area (Å²) in [5.41, 5.74) is 2.62. The van der Waals surface area contributed by atoms with E-state index in [9.17, 15) is 4.79 Å². The summed E-state index contributed by atoms with van der Waals surface area (Å²) in [6.45, 7) is 4.07. The number of rotatable bonds is 4. The number of aromatic amines is 2. The van der Waals surface area contributed by atoms with Crippen LogP contribution in [0.25, 0.3) is 11.0 Å². The van der Waals surface area contributed by atoms with Crippen molar-refractivity contribution in [1.82, 2.24) is 20.2 Å². The molecule has 0 amide bonds. The molecule has 0 aliphatic heterocycles. The lowest BCUT2D eigenvalue weighted by Crippen LogP contribution is -2.12. The van der Waals surface area contributed by atoms with E-state index in [4.69, 9.17) is 4.74 Å². The average Bonchev–Trinajstić information content (AvgIpc) is 2.92. The normalized spacial score (nSPS) is 11.3. The number of methoxy groups -OCH3 is 1. The SMILES string of the molecule is COc1ccccc1Cc1nc2c(C(C)C)[nH]nc2c(=O)[nH]1. The summed E-state index contributed by atoms with van der Waals surface area (Å²) < 4.78 is 5.34. The van der Waals surface area contributed by atoms with E-state index < -0.39 is 0 Å². The second kappa shape index (κ2) is 5.63. The Labute approximate surface area is 127 Å². The van der Waals surface area contributed by atoms with Crippen LogP contribution in [0.1, 0.15) is 36.8 Å². The molecule has 114 valence electrons. The Hall–Kier alpha value is -2.63. The Bertz CT molecular complexity index is 864. The molecule has 0 fully saturated rings. The minimum atomic E-state index is -0.224. The average molecular weight is 298 g/mol. The lowest BCUT2D eigenvalue weighted by molar-refractivity contribution is 0.410. The van der Waals surface area contributed by atoms with Gasteiger partial charge in [0.2, 0.25) is 0 Å². The molecule has 0 atom stereocenters. The number of hydrogen-bond donors (Lipinski definition) is 2. The monoisotopic (exact) mass is 298 g/mol. The standard InChI is InChI=1S/C16H18N4O2/c1-9(2)13-14-15(20-19-13)16(21)18-12(17-14)8-10-6-4-5-7-11(10)22-3/h4-7,9H,8H2,1-3H3,(H,19,20)(H,17,18,21). The molecule has 0 aliphatic rings. The zero-order valence-corrected chi connectivity index (χ0v) is 12.8. The van der Waals surface area contributed by atoms with Crippen molar-refractivity contribution < 1.29 is 4.74 Å². The smallest absolute Gasteiger partial charge is 0.279 e. The fraction of sp³-hybridized carbons (Fsp3) is 0.312. The summed E-state index contributed by atoms with van der Waals surface area (Å²) in [6.07, 6.45) is 0.498. The Morgan fingerprint density at radius 2 is 2.00 bits per heavy atom. The van der Waals surface area contributed by atoms with Gasteiger partial charge in [-0.2, -0.15) is 5.10 Å². The number of nitrogens with one attached hydrogen (secondary N) is 2. The second-order valence-electron chi connectivity index (χ2n) is 5.49. The highest BCUT2D eigenvalue weighted by molar-refractivity contribution is 5.76. The molecule has 2 N–H and O–H groups in total. The molecular weight excluding hydrogens is 280 g/mol. The van der Waals surface area contributed by atoms with Crippen LogP contribution in [0.4, 0.5) is 0 Å². The Balaban J connectivity index is 2.08. The lowest BCUT2D eigenvalue weighted by atomic mass is 10.1. The quantitative estimate of drug-likeness (QED) is 0.774. The maximum Gasteiger partial charge on any atom is 0.279 e. The number of H-pyrrole nitrogens is 2. The van der Waals surface area contributed by atoms with E-state index >= 15 is 0 Å². The van der Waals surface area contributed by atoms with Gasteiger partial charge in [-0.15, -0.1) is 0 Å². The summed E-state index contributed by atoms with van der Waals surface area (Å²) in [6, 6.07) is 7.70. The summed E-state index contributed by atoms with van der Waals surface area (Å²) >= 11 is 0. The molecule has 22 heavy (non-hydrogen) atoms. The van der Waals surface area contributed by atoms with E-state index in [1.54, 1.807) is 7.11 Å². The lowest BCUT2D eigenvalue weighted by Gasteiger charge is -2.08. The molecule has 6 nitrogen and oxygen atoms in total. The minimum absolute atomic E-state index is 0.221. The molecule has 3 aromatic rings. The predicted molar refractivity (Wildman–Crippen MR) is 84.4 cm³/mol. The highest BCUT2D eigenvalue weighted by Crippen LogP contribution is 2.22. The number of fused-ring (bicyclic) bond motifs is 1. The first-order valence-electron chi connectivity index (χ1n) is 7.19. The molecule has 0 spiro atoms. The van der Waals surface area contributed by atoms with Crippen molar-refractivity contribution in [3.63, 3.8) is 0 Å². The third-order valence-corrected chi connectivity index (χ3v) is 3.62. The Kier molecular flexibility index (Phi) is 3.66. The molecule has 6 heteroatoms. The third-order valence-electron chi connectivity index (χ3n) is 3.62. The molecule has 0 aliphatic carbocycles. The van der Waals surface area contributed by atoms with E-state index in [0.717, 1.165) is 17.0 Å². The van der Waals surface area contributed by atoms with Crippen LogP contribution < -0.4 is 10.3 Å². The highest BCUT2D eigenvalue weighted by Gasteiger charge is 2.15. The van der Waals surface area contributed by atoms with E-state index in [1.165, 1.54) is 0 Å². The fourth-order valence-electron chi connectivity index (χ4n) is 2.49. The molecule has 3 rings (SSSR count). The van der Waals surface area contributed by atoms with E-state index in [1.807, 2.05) is 38.1 Å². The number of para-hydroxylation sites is 1. The zero-order valence-electron chi connectivity index (χ0n) is 12.8. The van der Waals surface area contributed by atoms with Crippen LogP contribution >= 0.6 is 0 Å². The molecule has 1 aromatic carbocycles. The van der Waals surface area contributed by atoms with Crippen LogP contribution in [0.3, 0.4) is 0 Å². The van der Waals surface area contributed by atoms with Crippen molar-refractivity contribution in [2.75, 3.05) is 7.11 Å². The number of nitrogens with zero attached hydrogens (tertiary/aromatic N) is 2. The van der Waals surface area contributed by atoms with Crippen LogP contribution in [-0.2, 0) is 6.42 Å². The molecular formula is C16H18N4O2. The fourth-order valence-corrected chi connectivity index (χ4v) is 2.49. The van der Waals surface area contributed by atoms with E-state index in [-0.39, 0.29) is 11.5 Å². The van der Waals surface area contributed by atoms with Crippen molar-refractivity contribution in [2.45, 2.75) is 26.2 Å². The molecule has 2 heterocycles. The van der Waals surface area contributed by atoms with Gasteiger partial charge in [0.15, 0.2) is 5.52 Å². The number of hydrogen-bond acceptors (Lipinski definition) is 4.